The van der Waals surface area contributed by atoms with Gasteiger partial charge in [-0.15, -0.1) is 0 Å². The molecular formula is C13H12O3. The van der Waals surface area contributed by atoms with Gasteiger partial charge >= 0.3 is 5.97 Å². The van der Waals surface area contributed by atoms with Gasteiger partial charge in [0.15, 0.2) is 0 Å². The zero-order chi connectivity index (χ0) is 11.6. The van der Waals surface area contributed by atoms with Crippen LogP contribution in [0.5, 0.6) is 0 Å². The Kier molecular flexibility index (Phi) is 2.60. The molecule has 1 fully saturated rings. The molecule has 0 saturated heterocycles. The van der Waals surface area contributed by atoms with Crippen molar-refractivity contribution in [2.45, 2.75) is 18.3 Å². The van der Waals surface area contributed by atoms with E-state index >= 15 is 0 Å². The van der Waals surface area contributed by atoms with Crippen molar-refractivity contribution in [3.05, 3.63) is 41.5 Å². The minimum atomic E-state index is -0.778. The van der Waals surface area contributed by atoms with E-state index in [1.54, 1.807) is 6.08 Å². The summed E-state index contributed by atoms with van der Waals surface area (Å²) < 4.78 is 0. The van der Waals surface area contributed by atoms with Crippen LogP contribution in [0, 0.1) is 0 Å². The smallest absolute Gasteiger partial charge is 0.314 e. The number of rotatable bonds is 4. The summed E-state index contributed by atoms with van der Waals surface area (Å²) in [7, 11) is 0. The lowest BCUT2D eigenvalue weighted by Crippen LogP contribution is -2.20. The molecule has 1 aromatic rings. The predicted molar refractivity (Wildman–Crippen MR) is 60.1 cm³/mol. The fraction of sp³-hybridized carbons (Fsp3) is 0.231. The minimum Gasteiger partial charge on any atom is -0.481 e. The molecule has 0 atom stereocenters. The van der Waals surface area contributed by atoms with Crippen LogP contribution in [0.15, 0.2) is 30.3 Å². The SMILES string of the molecule is O=CC=Cc1ccccc1C1(C(=O)O)CC1. The first-order valence-electron chi connectivity index (χ1n) is 5.15. The van der Waals surface area contributed by atoms with Gasteiger partial charge in [0.05, 0.1) is 5.41 Å². The normalized spacial score (nSPS) is 17.2. The number of hydrogen-bond donors (Lipinski definition) is 1. The third kappa shape index (κ3) is 1.65. The lowest BCUT2D eigenvalue weighted by Gasteiger charge is -2.13. The van der Waals surface area contributed by atoms with Crippen LogP contribution in [0.2, 0.25) is 0 Å². The van der Waals surface area contributed by atoms with Crippen LogP contribution in [-0.4, -0.2) is 17.4 Å². The molecule has 3 heteroatoms. The minimum absolute atomic E-state index is 0.675. The van der Waals surface area contributed by atoms with Crippen LogP contribution in [-0.2, 0) is 15.0 Å². The van der Waals surface area contributed by atoms with E-state index in [0.29, 0.717) is 19.1 Å². The van der Waals surface area contributed by atoms with Crippen molar-refractivity contribution in [2.24, 2.45) is 0 Å². The van der Waals surface area contributed by atoms with Crippen LogP contribution < -0.4 is 0 Å². The molecule has 0 radical (unpaired) electrons. The Bertz CT molecular complexity index is 456. The molecule has 1 N–H and O–H groups in total. The molecule has 0 spiro atoms. The van der Waals surface area contributed by atoms with E-state index in [-0.39, 0.29) is 0 Å². The highest BCUT2D eigenvalue weighted by Crippen LogP contribution is 2.49. The zero-order valence-electron chi connectivity index (χ0n) is 8.72. The highest BCUT2D eigenvalue weighted by Gasteiger charge is 2.52. The summed E-state index contributed by atoms with van der Waals surface area (Å²) in [5.74, 6) is -0.778. The summed E-state index contributed by atoms with van der Waals surface area (Å²) in [5, 5.41) is 9.21. The standard InChI is InChI=1S/C13H12O3/c14-9-3-5-10-4-1-2-6-11(10)13(7-8-13)12(15)16/h1-6,9H,7-8H2,(H,15,16). The van der Waals surface area contributed by atoms with Crippen molar-refractivity contribution in [2.75, 3.05) is 0 Å². The summed E-state index contributed by atoms with van der Waals surface area (Å²) in [6, 6.07) is 7.33. The third-order valence-electron chi connectivity index (χ3n) is 2.99. The monoisotopic (exact) mass is 216 g/mol. The number of allylic oxidation sites excluding steroid dienone is 1. The quantitative estimate of drug-likeness (QED) is 0.618. The topological polar surface area (TPSA) is 54.4 Å². The van der Waals surface area contributed by atoms with Gasteiger partial charge in [-0.3, -0.25) is 9.59 Å². The fourth-order valence-electron chi connectivity index (χ4n) is 1.94. The Labute approximate surface area is 93.4 Å². The van der Waals surface area contributed by atoms with Crippen LogP contribution in [0.3, 0.4) is 0 Å². The van der Waals surface area contributed by atoms with Crippen molar-refractivity contribution in [3.8, 4) is 0 Å². The molecular weight excluding hydrogens is 204 g/mol. The highest BCUT2D eigenvalue weighted by molar-refractivity contribution is 5.87. The molecule has 0 aromatic heterocycles. The number of carbonyl (C=O) groups is 2. The average molecular weight is 216 g/mol. The molecule has 0 aliphatic heterocycles. The van der Waals surface area contributed by atoms with E-state index in [2.05, 4.69) is 0 Å². The fourth-order valence-corrected chi connectivity index (χ4v) is 1.94. The van der Waals surface area contributed by atoms with Crippen LogP contribution >= 0.6 is 0 Å². The van der Waals surface area contributed by atoms with Crippen molar-refractivity contribution in [1.82, 2.24) is 0 Å². The average Bonchev–Trinajstić information content (AvgIpc) is 3.08. The van der Waals surface area contributed by atoms with Gasteiger partial charge in [-0.05, 0) is 30.0 Å². The largest absolute Gasteiger partial charge is 0.481 e. The number of aliphatic carboxylic acids is 1. The molecule has 16 heavy (non-hydrogen) atoms. The second-order valence-electron chi connectivity index (χ2n) is 3.97. The maximum absolute atomic E-state index is 11.2. The Morgan fingerprint density at radius 1 is 1.31 bits per heavy atom. The lowest BCUT2D eigenvalue weighted by molar-refractivity contribution is -0.140. The summed E-state index contributed by atoms with van der Waals surface area (Å²) in [6.07, 6.45) is 5.09. The highest BCUT2D eigenvalue weighted by atomic mass is 16.4. The number of hydrogen-bond acceptors (Lipinski definition) is 2. The Morgan fingerprint density at radius 2 is 2.00 bits per heavy atom. The van der Waals surface area contributed by atoms with Gasteiger partial charge in [-0.25, -0.2) is 0 Å². The molecule has 1 aliphatic carbocycles. The van der Waals surface area contributed by atoms with Crippen molar-refractivity contribution in [3.63, 3.8) is 0 Å². The van der Waals surface area contributed by atoms with E-state index in [1.165, 1.54) is 6.08 Å². The first-order valence-corrected chi connectivity index (χ1v) is 5.15. The van der Waals surface area contributed by atoms with Gasteiger partial charge in [0.1, 0.15) is 6.29 Å². The summed E-state index contributed by atoms with van der Waals surface area (Å²) in [5.41, 5.74) is 0.902. The maximum Gasteiger partial charge on any atom is 0.314 e. The second kappa shape index (κ2) is 3.93. The van der Waals surface area contributed by atoms with E-state index in [4.69, 9.17) is 0 Å². The van der Waals surface area contributed by atoms with Gasteiger partial charge in [-0.2, -0.15) is 0 Å². The van der Waals surface area contributed by atoms with Gasteiger partial charge in [0.2, 0.25) is 0 Å². The van der Waals surface area contributed by atoms with Gasteiger partial charge in [0.25, 0.3) is 0 Å². The molecule has 1 saturated carbocycles. The van der Waals surface area contributed by atoms with Crippen molar-refractivity contribution >= 4 is 18.3 Å². The van der Waals surface area contributed by atoms with Crippen molar-refractivity contribution in [1.29, 1.82) is 0 Å². The molecule has 82 valence electrons. The number of carbonyl (C=O) groups excluding carboxylic acids is 1. The van der Waals surface area contributed by atoms with Gasteiger partial charge < -0.3 is 5.11 Å². The number of benzene rings is 1. The van der Waals surface area contributed by atoms with Crippen molar-refractivity contribution < 1.29 is 14.7 Å². The molecule has 2 rings (SSSR count). The predicted octanol–water partition coefficient (Wildman–Crippen LogP) is 2.01. The lowest BCUT2D eigenvalue weighted by atomic mass is 9.91. The molecule has 1 aromatic carbocycles. The second-order valence-corrected chi connectivity index (χ2v) is 3.97. The van der Waals surface area contributed by atoms with Gasteiger partial charge in [-0.1, -0.05) is 30.3 Å². The van der Waals surface area contributed by atoms with E-state index in [9.17, 15) is 14.7 Å². The van der Waals surface area contributed by atoms with E-state index in [0.717, 1.165) is 11.1 Å². The van der Waals surface area contributed by atoms with E-state index < -0.39 is 11.4 Å². The molecule has 0 unspecified atom stereocenters. The molecule has 0 amide bonds. The maximum atomic E-state index is 11.2. The Morgan fingerprint density at radius 3 is 2.56 bits per heavy atom. The summed E-state index contributed by atoms with van der Waals surface area (Å²) >= 11 is 0. The summed E-state index contributed by atoms with van der Waals surface area (Å²) in [4.78, 5) is 21.5. The third-order valence-corrected chi connectivity index (χ3v) is 2.99. The molecule has 0 heterocycles. The Balaban J connectivity index is 2.45. The van der Waals surface area contributed by atoms with Crippen LogP contribution in [0.4, 0.5) is 0 Å². The molecule has 1 aliphatic rings. The molecule has 0 bridgehead atoms. The van der Waals surface area contributed by atoms with Crippen LogP contribution in [0.25, 0.3) is 6.08 Å². The first-order chi connectivity index (χ1) is 7.70. The van der Waals surface area contributed by atoms with Gasteiger partial charge in [0, 0.05) is 0 Å². The number of carboxylic acids is 1. The molecule has 3 nitrogen and oxygen atoms in total. The first kappa shape index (κ1) is 10.6. The zero-order valence-corrected chi connectivity index (χ0v) is 8.72. The number of carboxylic acid groups (broad SMARTS) is 1. The Hall–Kier alpha value is -1.90. The van der Waals surface area contributed by atoms with Crippen LogP contribution in [0.1, 0.15) is 24.0 Å². The summed E-state index contributed by atoms with van der Waals surface area (Å²) in [6.45, 7) is 0. The number of aldehydes is 1. The van der Waals surface area contributed by atoms with E-state index in [1.807, 2.05) is 24.3 Å².